The fourth-order valence-electron chi connectivity index (χ4n) is 5.86. The van der Waals surface area contributed by atoms with E-state index >= 15 is 4.39 Å². The van der Waals surface area contributed by atoms with Crippen molar-refractivity contribution in [3.63, 3.8) is 0 Å². The van der Waals surface area contributed by atoms with Gasteiger partial charge in [0.2, 0.25) is 5.95 Å². The molecule has 4 N–H and O–H groups in total. The van der Waals surface area contributed by atoms with E-state index in [0.717, 1.165) is 87.0 Å². The molecule has 4 heterocycles. The highest BCUT2D eigenvalue weighted by molar-refractivity contribution is 5.95. The van der Waals surface area contributed by atoms with E-state index in [1.165, 1.54) is 5.69 Å². The maximum Gasteiger partial charge on any atom is 0.227 e. The van der Waals surface area contributed by atoms with Gasteiger partial charge in [-0.25, -0.2) is 9.37 Å². The number of benzene rings is 2. The number of nitrogens with two attached hydrogens (primary N) is 1. The minimum atomic E-state index is -0.326. The Morgan fingerprint density at radius 1 is 0.902 bits per heavy atom. The molecule has 0 radical (unpaired) electrons. The number of piperidine rings is 1. The van der Waals surface area contributed by atoms with E-state index < -0.39 is 0 Å². The quantitative estimate of drug-likeness (QED) is 0.310. The lowest BCUT2D eigenvalue weighted by molar-refractivity contribution is 0.313. The van der Waals surface area contributed by atoms with Crippen LogP contribution in [0, 0.1) is 5.82 Å². The maximum atomic E-state index is 15.3. The van der Waals surface area contributed by atoms with Gasteiger partial charge in [-0.15, -0.1) is 0 Å². The van der Waals surface area contributed by atoms with Crippen LogP contribution in [0.25, 0.3) is 22.0 Å². The zero-order chi connectivity index (χ0) is 28.1. The number of aromatic amines is 1. The van der Waals surface area contributed by atoms with Crippen LogP contribution in [0.1, 0.15) is 44.2 Å². The number of aromatic nitrogens is 4. The van der Waals surface area contributed by atoms with E-state index in [2.05, 4.69) is 80.6 Å². The van der Waals surface area contributed by atoms with Gasteiger partial charge in [-0.1, -0.05) is 18.2 Å². The van der Waals surface area contributed by atoms with Gasteiger partial charge in [-0.05, 0) is 75.0 Å². The highest BCUT2D eigenvalue weighted by Gasteiger charge is 2.31. The molecule has 0 unspecified atom stereocenters. The van der Waals surface area contributed by atoms with Crippen molar-refractivity contribution in [2.45, 2.75) is 44.1 Å². The number of nitrogens with zero attached hydrogens (tertiary/aromatic N) is 6. The molecule has 41 heavy (non-hydrogen) atoms. The average Bonchev–Trinajstić information content (AvgIpc) is 3.76. The summed E-state index contributed by atoms with van der Waals surface area (Å²) >= 11 is 0. The Bertz CT molecular complexity index is 1540. The molecule has 9 nitrogen and oxygen atoms in total. The first-order valence-electron chi connectivity index (χ1n) is 14.7. The summed E-state index contributed by atoms with van der Waals surface area (Å²) in [6, 6.07) is 15.0. The Balaban J connectivity index is 1.23. The fourth-order valence-corrected chi connectivity index (χ4v) is 5.86. The van der Waals surface area contributed by atoms with Gasteiger partial charge in [0.25, 0.3) is 0 Å². The highest BCUT2D eigenvalue weighted by atomic mass is 19.1. The SMILES string of the molecule is CN1CCN(c2ccc(-c3ccc4nc(N5CCC(C)(N)CC5)nc(Nc5n[nH]c(C6CC6)c5F)c4c3)cc2)CC1. The second kappa shape index (κ2) is 10.3. The Morgan fingerprint density at radius 2 is 1.61 bits per heavy atom. The summed E-state index contributed by atoms with van der Waals surface area (Å²) in [4.78, 5) is 16.8. The van der Waals surface area contributed by atoms with Crippen molar-refractivity contribution in [3.05, 3.63) is 54.0 Å². The van der Waals surface area contributed by atoms with Crippen molar-refractivity contribution in [1.82, 2.24) is 25.1 Å². The number of piperazine rings is 1. The summed E-state index contributed by atoms with van der Waals surface area (Å²) in [6.07, 6.45) is 3.70. The molecule has 10 heteroatoms. The van der Waals surface area contributed by atoms with Crippen molar-refractivity contribution < 1.29 is 4.39 Å². The van der Waals surface area contributed by atoms with Crippen molar-refractivity contribution in [1.29, 1.82) is 0 Å². The first kappa shape index (κ1) is 26.2. The third-order valence-electron chi connectivity index (χ3n) is 8.90. The Labute approximate surface area is 239 Å². The van der Waals surface area contributed by atoms with Gasteiger partial charge in [0.15, 0.2) is 11.6 Å². The molecule has 214 valence electrons. The number of likely N-dealkylation sites (N-methyl/N-ethyl adjacent to an activating group) is 1. The van der Waals surface area contributed by atoms with Crippen molar-refractivity contribution in [3.8, 4) is 11.1 Å². The summed E-state index contributed by atoms with van der Waals surface area (Å²) in [5.74, 6) is 1.25. The average molecular weight is 556 g/mol. The fraction of sp³-hybridized carbons (Fsp3) is 0.452. The van der Waals surface area contributed by atoms with Crippen LogP contribution in [-0.4, -0.2) is 76.9 Å². The molecule has 3 fully saturated rings. The minimum absolute atomic E-state index is 0.174. The first-order chi connectivity index (χ1) is 19.8. The molecule has 0 bridgehead atoms. The second-order valence-electron chi connectivity index (χ2n) is 12.3. The molecule has 0 spiro atoms. The second-order valence-corrected chi connectivity index (χ2v) is 12.3. The van der Waals surface area contributed by atoms with E-state index in [0.29, 0.717) is 17.5 Å². The van der Waals surface area contributed by atoms with Gasteiger partial charge in [0.1, 0.15) is 5.82 Å². The number of rotatable bonds is 6. The molecule has 1 saturated carbocycles. The molecule has 0 atom stereocenters. The summed E-state index contributed by atoms with van der Waals surface area (Å²) in [7, 11) is 2.17. The van der Waals surface area contributed by atoms with E-state index in [-0.39, 0.29) is 23.1 Å². The molecule has 0 amide bonds. The molecular weight excluding hydrogens is 517 g/mol. The topological polar surface area (TPSA) is 102 Å². The molecule has 2 saturated heterocycles. The normalized spacial score (nSPS) is 19.6. The van der Waals surface area contributed by atoms with Crippen LogP contribution in [0.4, 0.5) is 27.7 Å². The molecular formula is C31H38FN9. The summed E-state index contributed by atoms with van der Waals surface area (Å²) in [5, 5.41) is 11.2. The van der Waals surface area contributed by atoms with Crippen LogP contribution in [-0.2, 0) is 0 Å². The molecule has 2 aromatic heterocycles. The molecule has 4 aromatic rings. The Hall–Kier alpha value is -3.76. The van der Waals surface area contributed by atoms with Crippen LogP contribution < -0.4 is 20.9 Å². The number of fused-ring (bicyclic) bond motifs is 1. The van der Waals surface area contributed by atoms with Gasteiger partial charge >= 0.3 is 0 Å². The number of H-pyrrole nitrogens is 1. The summed E-state index contributed by atoms with van der Waals surface area (Å²) in [6.45, 7) is 7.87. The van der Waals surface area contributed by atoms with Gasteiger partial charge in [0.05, 0.1) is 11.2 Å². The lowest BCUT2D eigenvalue weighted by Gasteiger charge is -2.36. The third kappa shape index (κ3) is 5.34. The van der Waals surface area contributed by atoms with Crippen LogP contribution >= 0.6 is 0 Å². The standard InChI is InChI=1S/C31H38FN9/c1-31(33)11-13-41(14-12-31)30-34-25-10-7-22(20-5-8-23(9-6-20)40-17-15-39(2)16-18-40)19-24(25)28(36-30)35-29-26(32)27(37-38-29)21-3-4-21/h5-10,19,21H,3-4,11-18,33H2,1-2H3,(H2,34,35,36,37,38). The highest BCUT2D eigenvalue weighted by Crippen LogP contribution is 2.42. The van der Waals surface area contributed by atoms with E-state index in [1.807, 2.05) is 6.07 Å². The van der Waals surface area contributed by atoms with Crippen LogP contribution in [0.3, 0.4) is 0 Å². The van der Waals surface area contributed by atoms with Gasteiger partial charge < -0.3 is 25.8 Å². The predicted molar refractivity (Wildman–Crippen MR) is 163 cm³/mol. The molecule has 2 aliphatic heterocycles. The lowest BCUT2D eigenvalue weighted by Crippen LogP contribution is -2.48. The number of hydrogen-bond donors (Lipinski definition) is 3. The summed E-state index contributed by atoms with van der Waals surface area (Å²) in [5.41, 5.74) is 11.0. The lowest BCUT2D eigenvalue weighted by atomic mass is 9.91. The van der Waals surface area contributed by atoms with Crippen molar-refractivity contribution in [2.75, 3.05) is 61.4 Å². The maximum absolute atomic E-state index is 15.3. The van der Waals surface area contributed by atoms with Crippen LogP contribution in [0.2, 0.25) is 0 Å². The van der Waals surface area contributed by atoms with Gasteiger partial charge in [0, 0.05) is 61.8 Å². The molecule has 1 aliphatic carbocycles. The van der Waals surface area contributed by atoms with Crippen LogP contribution in [0.5, 0.6) is 0 Å². The monoisotopic (exact) mass is 555 g/mol. The molecule has 2 aromatic carbocycles. The zero-order valence-electron chi connectivity index (χ0n) is 23.8. The van der Waals surface area contributed by atoms with Crippen molar-refractivity contribution >= 4 is 34.2 Å². The van der Waals surface area contributed by atoms with Gasteiger partial charge in [-0.2, -0.15) is 10.1 Å². The largest absolute Gasteiger partial charge is 0.369 e. The molecule has 3 aliphatic rings. The van der Waals surface area contributed by atoms with Crippen LogP contribution in [0.15, 0.2) is 42.5 Å². The minimum Gasteiger partial charge on any atom is -0.369 e. The Kier molecular flexibility index (Phi) is 6.54. The number of nitrogens with one attached hydrogen (secondary N) is 2. The van der Waals surface area contributed by atoms with E-state index in [4.69, 9.17) is 15.7 Å². The molecule has 7 rings (SSSR count). The van der Waals surface area contributed by atoms with Crippen molar-refractivity contribution in [2.24, 2.45) is 5.73 Å². The number of hydrogen-bond acceptors (Lipinski definition) is 8. The number of anilines is 4. The predicted octanol–water partition coefficient (Wildman–Crippen LogP) is 4.85. The van der Waals surface area contributed by atoms with E-state index in [9.17, 15) is 0 Å². The van der Waals surface area contributed by atoms with E-state index in [1.54, 1.807) is 0 Å². The smallest absolute Gasteiger partial charge is 0.227 e. The Morgan fingerprint density at radius 3 is 2.32 bits per heavy atom. The zero-order valence-corrected chi connectivity index (χ0v) is 23.8. The third-order valence-corrected chi connectivity index (χ3v) is 8.90. The van der Waals surface area contributed by atoms with Gasteiger partial charge in [-0.3, -0.25) is 5.10 Å². The first-order valence-corrected chi connectivity index (χ1v) is 14.7. The summed E-state index contributed by atoms with van der Waals surface area (Å²) < 4.78 is 15.3. The number of halogens is 1.